The van der Waals surface area contributed by atoms with E-state index in [1.165, 1.54) is 28.4 Å². The Morgan fingerprint density at radius 1 is 0.463 bits per heavy atom. The monoisotopic (exact) mass is 1840 g/mol. The third-order valence-electron chi connectivity index (χ3n) is 26.5. The lowest BCUT2D eigenvalue weighted by molar-refractivity contribution is -0.140. The fourth-order valence-corrected chi connectivity index (χ4v) is 19.2. The van der Waals surface area contributed by atoms with E-state index >= 15 is 0 Å². The Bertz CT molecular complexity index is 6010. The molecule has 0 radical (unpaired) electrons. The molecule has 0 spiro atoms. The van der Waals surface area contributed by atoms with E-state index < -0.39 is 60.1 Å². The molecule has 16 rings (SSSR count). The number of fused-ring (bicyclic) bond motifs is 12. The first kappa shape index (κ1) is 97.0. The summed E-state index contributed by atoms with van der Waals surface area (Å²) in [6.07, 6.45) is 5.01. The van der Waals surface area contributed by atoms with Crippen LogP contribution in [0.5, 0.6) is 11.5 Å². The number of rotatable bonds is 24. The van der Waals surface area contributed by atoms with Crippen LogP contribution in [0.3, 0.4) is 0 Å². The summed E-state index contributed by atoms with van der Waals surface area (Å²) in [4.78, 5) is 154. The summed E-state index contributed by atoms with van der Waals surface area (Å²) < 4.78 is 48.5. The molecule has 6 aliphatic heterocycles. The number of nitrogens with one attached hydrogen (secondary N) is 8. The average Bonchev–Trinajstić information content (AvgIpc) is 1.43. The Morgan fingerprint density at radius 2 is 0.843 bits per heavy atom. The first-order chi connectivity index (χ1) is 64.0. The molecular weight excluding hydrogens is 1720 g/mol. The molecule has 35 nitrogen and oxygen atoms in total. The van der Waals surface area contributed by atoms with Crippen LogP contribution in [0.4, 0.5) is 24.0 Å². The number of carboxylic acids is 1. The Labute approximate surface area is 778 Å². The van der Waals surface area contributed by atoms with E-state index in [1.54, 1.807) is 33.0 Å². The molecule has 134 heavy (non-hydrogen) atoms. The van der Waals surface area contributed by atoms with Gasteiger partial charge < -0.3 is 104 Å². The van der Waals surface area contributed by atoms with Crippen molar-refractivity contribution in [2.75, 3.05) is 82.1 Å². The van der Waals surface area contributed by atoms with Gasteiger partial charge in [0.2, 0.25) is 17.7 Å². The molecule has 4 fully saturated rings. The second-order valence-electron chi connectivity index (χ2n) is 38.0. The van der Waals surface area contributed by atoms with Gasteiger partial charge in [-0.2, -0.15) is 0 Å². The van der Waals surface area contributed by atoms with Gasteiger partial charge in [0.1, 0.15) is 77.8 Å². The maximum absolute atomic E-state index is 14.1. The Hall–Kier alpha value is -13.1. The Morgan fingerprint density at radius 3 is 1.23 bits per heavy atom. The number of aromatic nitrogens is 8. The van der Waals surface area contributed by atoms with E-state index in [0.29, 0.717) is 70.7 Å². The van der Waals surface area contributed by atoms with Crippen LogP contribution >= 0.6 is 0 Å². The summed E-state index contributed by atoms with van der Waals surface area (Å²) >= 11 is 0. The van der Waals surface area contributed by atoms with Gasteiger partial charge in [0.25, 0.3) is 0 Å². The highest BCUT2D eigenvalue weighted by molar-refractivity contribution is 6.08. The Balaban J connectivity index is 0.000000192. The second-order valence-corrected chi connectivity index (χ2v) is 38.0. The van der Waals surface area contributed by atoms with Gasteiger partial charge in [0.15, 0.2) is 0 Å². The number of amides is 8. The number of carboxylic acid groups (broad SMARTS) is 1. The topological polar surface area (TPSA) is 433 Å². The summed E-state index contributed by atoms with van der Waals surface area (Å²) in [6.45, 7) is 29.0. The summed E-state index contributed by atoms with van der Waals surface area (Å²) in [7, 11) is 8.42. The van der Waals surface area contributed by atoms with Gasteiger partial charge in [-0.15, -0.1) is 0 Å². The van der Waals surface area contributed by atoms with Crippen molar-refractivity contribution in [2.24, 2.45) is 47.3 Å². The molecule has 0 saturated carbocycles. The lowest BCUT2D eigenvalue weighted by Crippen LogP contribution is -2.51. The number of methoxy groups -OCH3 is 6. The first-order valence-electron chi connectivity index (χ1n) is 46.1. The van der Waals surface area contributed by atoms with Crippen LogP contribution in [-0.2, 0) is 65.5 Å². The molecule has 35 heteroatoms. The van der Waals surface area contributed by atoms with E-state index in [-0.39, 0.29) is 95.3 Å². The average molecular weight is 1840 g/mol. The third-order valence-corrected chi connectivity index (χ3v) is 26.5. The minimum Gasteiger partial charge on any atom is -0.488 e. The molecule has 4 unspecified atom stereocenters. The predicted octanol–water partition coefficient (Wildman–Crippen LogP) is 16.0. The van der Waals surface area contributed by atoms with Crippen LogP contribution in [0, 0.1) is 47.3 Å². The number of hydrogen-bond acceptors (Lipinski definition) is 22. The minimum atomic E-state index is -1.06. The van der Waals surface area contributed by atoms with Gasteiger partial charge in [-0.1, -0.05) is 118 Å². The fourth-order valence-electron chi connectivity index (χ4n) is 19.2. The van der Waals surface area contributed by atoms with E-state index in [0.717, 1.165) is 155 Å². The zero-order valence-corrected chi connectivity index (χ0v) is 79.7. The van der Waals surface area contributed by atoms with Gasteiger partial charge >= 0.3 is 36.4 Å². The number of likely N-dealkylation sites (tertiary alicyclic amines) is 4. The number of aromatic amines is 4. The molecule has 4 saturated heterocycles. The number of H-pyrrole nitrogens is 4. The van der Waals surface area contributed by atoms with E-state index in [1.807, 2.05) is 102 Å². The van der Waals surface area contributed by atoms with Crippen LogP contribution in [0.25, 0.3) is 88.4 Å². The number of alkyl carbamates (subject to hydrolysis) is 4. The Kier molecular flexibility index (Phi) is 29.8. The molecular formula is C99H126N16O19. The molecule has 4 aromatic heterocycles. The van der Waals surface area contributed by atoms with E-state index in [2.05, 4.69) is 133 Å². The van der Waals surface area contributed by atoms with Crippen LogP contribution in [0.1, 0.15) is 187 Å². The quantitative estimate of drug-likeness (QED) is 0.0254. The van der Waals surface area contributed by atoms with Crippen molar-refractivity contribution in [1.29, 1.82) is 0 Å². The zero-order chi connectivity index (χ0) is 96.2. The van der Waals surface area contributed by atoms with Crippen molar-refractivity contribution < 1.29 is 90.9 Å². The highest BCUT2D eigenvalue weighted by Crippen LogP contribution is 2.48. The maximum atomic E-state index is 14.1. The second kappa shape index (κ2) is 41.2. The van der Waals surface area contributed by atoms with Crippen molar-refractivity contribution in [1.82, 2.24) is 80.7 Å². The smallest absolute Gasteiger partial charge is 0.410 e. The largest absolute Gasteiger partial charge is 0.488 e. The highest BCUT2D eigenvalue weighted by atomic mass is 16.6. The lowest BCUT2D eigenvalue weighted by atomic mass is 9.92. The van der Waals surface area contributed by atoms with Gasteiger partial charge in [-0.05, 0) is 175 Å². The first-order valence-corrected chi connectivity index (χ1v) is 46.1. The normalized spacial score (nSPS) is 20.2. The summed E-state index contributed by atoms with van der Waals surface area (Å²) in [6, 6.07) is 25.2. The SMILES string of the molecule is CC[C@H](C)[C@H](NC(=O)OC)C(=O)N1C[C@@H](C)CC1c1ncc(-c2ccc3c(c2)COc2cc4c(ccc5[nH]c([C@@H]6CC(COC)CN6C(=O)OC(C)(C)C)nc54)cc2-3)[nH]1.CC[C@H](C)[C@H](NC(=O)OC)C(=O)N1C[C@@H](C)CC1c1ncc(-c2ccc3c(c2)COc2cc4c(ccc5[nH]c([C@@H]6CC(COC)CN6C(=O)[C@@H](NC(=O)OC)C(C)C)nc54)cc2-3)[nH]1.COC(=O)N[C@H](C(=O)O)C(C)C. The molecule has 716 valence electrons. The number of imidazole rings is 4. The van der Waals surface area contributed by atoms with Gasteiger partial charge in [-0.3, -0.25) is 19.3 Å². The summed E-state index contributed by atoms with van der Waals surface area (Å²) in [5, 5.41) is 23.0. The van der Waals surface area contributed by atoms with Crippen molar-refractivity contribution in [3.8, 4) is 56.3 Å². The van der Waals surface area contributed by atoms with Gasteiger partial charge in [0, 0.05) is 74.1 Å². The summed E-state index contributed by atoms with van der Waals surface area (Å²) in [5.74, 6) is 3.17. The summed E-state index contributed by atoms with van der Waals surface area (Å²) in [5.41, 5.74) is 12.6. The third kappa shape index (κ3) is 20.8. The fraction of sp³-hybridized carbons (Fsp3) is 0.505. The lowest BCUT2D eigenvalue weighted by Gasteiger charge is -2.30. The minimum absolute atomic E-state index is 0.0690. The van der Waals surface area contributed by atoms with Crippen molar-refractivity contribution in [3.05, 3.63) is 132 Å². The molecule has 10 aromatic rings. The van der Waals surface area contributed by atoms with Crippen molar-refractivity contribution in [2.45, 2.75) is 196 Å². The van der Waals surface area contributed by atoms with E-state index in [4.69, 9.17) is 62.9 Å². The van der Waals surface area contributed by atoms with Gasteiger partial charge in [-0.25, -0.2) is 48.7 Å². The number of carbonyl (C=O) groups is 9. The van der Waals surface area contributed by atoms with Crippen LogP contribution < -0.4 is 30.7 Å². The van der Waals surface area contributed by atoms with E-state index in [9.17, 15) is 43.2 Å². The van der Waals surface area contributed by atoms with Crippen LogP contribution in [-0.4, -0.2) is 231 Å². The standard InChI is InChI=1S/C47H58N8O8.C45H55N7O7.C7H13NO4/c1-9-26(5)40(53-47(59)62-8)45(57)54-20-25(4)14-36(54)42-48-19-35(50-42)29-10-12-31-30(16-29)23-63-38-18-32-28(17-33(31)38)11-13-34-41(32)51-43(49-34)37-15-27(22-60-6)21-55(37)44(56)39(24(2)3)52-46(58)61-7;1-9-25(3)38(50-43(54)57-8)42(53)51-20-24(2)14-35(51)40-46-19-34(48-40)28-10-12-30-29(16-28)23-58-37-18-31-27(17-32(30)37)11-13-33-39(31)49-41(47-33)36-15-26(22-56-7)21-52(36)44(55)59-45(4,5)6;1-4(2)5(6(9)10)8-7(11)12-3/h10-13,16-19,24-27,36-37,39-40H,9,14-15,20-23H2,1-8H3,(H,48,50)(H,49,51)(H,52,58)(H,53,59);10-13,16-19,24-26,35-36,38H,9,14-15,20-23H2,1-8H3,(H,46,48)(H,47,49)(H,50,54);4-5H,1-3H3,(H,8,11)(H,9,10)/t25-,26-,27?,36?,37-,39-,40-;24-,25-,26?,35?,36-,38-;5-/m000/s1. The number of carbonyl (C=O) groups excluding carboxylic acids is 8. The highest BCUT2D eigenvalue weighted by Gasteiger charge is 2.46. The molecule has 0 bridgehead atoms. The van der Waals surface area contributed by atoms with Gasteiger partial charge in [0.05, 0.1) is 112 Å². The molecule has 9 N–H and O–H groups in total. The number of aliphatic carboxylic acids is 1. The number of nitrogens with zero attached hydrogens (tertiary/aromatic N) is 8. The number of benzene rings is 6. The van der Waals surface area contributed by atoms with Crippen LogP contribution in [0.2, 0.25) is 0 Å². The number of ether oxygens (including phenoxy) is 9. The molecule has 10 heterocycles. The van der Waals surface area contributed by atoms with Crippen LogP contribution in [0.15, 0.2) is 97.3 Å². The number of hydrogen-bond donors (Lipinski definition) is 9. The molecule has 6 aromatic carbocycles. The zero-order valence-electron chi connectivity index (χ0n) is 79.7. The molecule has 6 aliphatic rings. The predicted molar refractivity (Wildman–Crippen MR) is 502 cm³/mol. The van der Waals surface area contributed by atoms with Crippen molar-refractivity contribution >= 4 is 97.8 Å². The molecule has 0 aliphatic carbocycles. The molecule has 8 amide bonds. The maximum Gasteiger partial charge on any atom is 0.410 e. The molecule has 14 atom stereocenters. The van der Waals surface area contributed by atoms with Crippen molar-refractivity contribution in [3.63, 3.8) is 0 Å².